The molecular formula is C15H27NO2. The van der Waals surface area contributed by atoms with E-state index >= 15 is 0 Å². The molecule has 2 fully saturated rings. The molecule has 3 nitrogen and oxygen atoms in total. The number of piperidine rings is 1. The molecule has 0 atom stereocenters. The van der Waals surface area contributed by atoms with Crippen LogP contribution >= 0.6 is 0 Å². The minimum atomic E-state index is 0.342. The van der Waals surface area contributed by atoms with Gasteiger partial charge in [-0.2, -0.15) is 0 Å². The average molecular weight is 253 g/mol. The first-order valence-corrected chi connectivity index (χ1v) is 7.59. The maximum Gasteiger partial charge on any atom is 0.225 e. The number of likely N-dealkylation sites (tertiary alicyclic amines) is 1. The fourth-order valence-electron chi connectivity index (χ4n) is 3.33. The zero-order chi connectivity index (χ0) is 12.8. The molecule has 3 heteroatoms. The molecule has 1 aliphatic heterocycles. The van der Waals surface area contributed by atoms with Crippen LogP contribution < -0.4 is 0 Å². The summed E-state index contributed by atoms with van der Waals surface area (Å²) < 4.78 is 5.13. The molecule has 0 unspecified atom stereocenters. The van der Waals surface area contributed by atoms with Gasteiger partial charge in [-0.05, 0) is 38.0 Å². The Morgan fingerprint density at radius 2 is 1.78 bits per heavy atom. The van der Waals surface area contributed by atoms with Crippen LogP contribution in [0.2, 0.25) is 0 Å². The number of hydrogen-bond donors (Lipinski definition) is 0. The van der Waals surface area contributed by atoms with E-state index < -0.39 is 0 Å². The zero-order valence-electron chi connectivity index (χ0n) is 11.7. The Hall–Kier alpha value is -0.570. The maximum absolute atomic E-state index is 12.4. The Bertz CT molecular complexity index is 253. The van der Waals surface area contributed by atoms with Crippen LogP contribution in [0.1, 0.15) is 51.4 Å². The molecule has 0 aromatic rings. The molecule has 0 radical (unpaired) electrons. The van der Waals surface area contributed by atoms with Crippen molar-refractivity contribution in [3.8, 4) is 0 Å². The largest absolute Gasteiger partial charge is 0.385 e. The molecular weight excluding hydrogens is 226 g/mol. The number of nitrogens with zero attached hydrogens (tertiary/aromatic N) is 1. The molecule has 18 heavy (non-hydrogen) atoms. The Morgan fingerprint density at radius 3 is 2.39 bits per heavy atom. The normalized spacial score (nSPS) is 23.3. The van der Waals surface area contributed by atoms with Crippen molar-refractivity contribution in [2.45, 2.75) is 51.4 Å². The van der Waals surface area contributed by atoms with Crippen molar-refractivity contribution in [1.29, 1.82) is 0 Å². The monoisotopic (exact) mass is 253 g/mol. The summed E-state index contributed by atoms with van der Waals surface area (Å²) in [4.78, 5) is 14.5. The van der Waals surface area contributed by atoms with E-state index in [1.807, 2.05) is 0 Å². The van der Waals surface area contributed by atoms with Crippen LogP contribution in [0.25, 0.3) is 0 Å². The van der Waals surface area contributed by atoms with Crippen LogP contribution in [0.4, 0.5) is 0 Å². The number of amides is 1. The van der Waals surface area contributed by atoms with Gasteiger partial charge in [0.25, 0.3) is 0 Å². The molecule has 0 bridgehead atoms. The van der Waals surface area contributed by atoms with Crippen molar-refractivity contribution in [3.05, 3.63) is 0 Å². The Labute approximate surface area is 111 Å². The van der Waals surface area contributed by atoms with Gasteiger partial charge < -0.3 is 9.64 Å². The van der Waals surface area contributed by atoms with Gasteiger partial charge in [-0.25, -0.2) is 0 Å². The van der Waals surface area contributed by atoms with Gasteiger partial charge in [-0.1, -0.05) is 19.3 Å². The lowest BCUT2D eigenvalue weighted by atomic mass is 9.87. The topological polar surface area (TPSA) is 29.5 Å². The highest BCUT2D eigenvalue weighted by molar-refractivity contribution is 5.79. The van der Waals surface area contributed by atoms with Crippen LogP contribution in [0.15, 0.2) is 0 Å². The quantitative estimate of drug-likeness (QED) is 0.771. The van der Waals surface area contributed by atoms with Crippen LogP contribution in [0.5, 0.6) is 0 Å². The van der Waals surface area contributed by atoms with Gasteiger partial charge in [0.15, 0.2) is 0 Å². The number of ether oxygens (including phenoxy) is 1. The van der Waals surface area contributed by atoms with E-state index in [1.165, 1.54) is 32.1 Å². The molecule has 2 rings (SSSR count). The molecule has 1 heterocycles. The highest BCUT2D eigenvalue weighted by atomic mass is 16.5. The van der Waals surface area contributed by atoms with Crippen LogP contribution in [-0.2, 0) is 9.53 Å². The van der Waals surface area contributed by atoms with E-state index in [0.717, 1.165) is 44.9 Å². The highest BCUT2D eigenvalue weighted by Crippen LogP contribution is 2.28. The summed E-state index contributed by atoms with van der Waals surface area (Å²) in [6.45, 7) is 2.81. The zero-order valence-corrected chi connectivity index (χ0v) is 11.7. The lowest BCUT2D eigenvalue weighted by Gasteiger charge is -2.35. The van der Waals surface area contributed by atoms with E-state index in [0.29, 0.717) is 11.8 Å². The number of hydrogen-bond acceptors (Lipinski definition) is 2. The Kier molecular flexibility index (Phi) is 5.48. The predicted octanol–water partition coefficient (Wildman–Crippen LogP) is 2.84. The lowest BCUT2D eigenvalue weighted by molar-refractivity contribution is -0.138. The summed E-state index contributed by atoms with van der Waals surface area (Å²) in [5.74, 6) is 1.55. The summed E-state index contributed by atoms with van der Waals surface area (Å²) in [7, 11) is 1.77. The second-order valence-electron chi connectivity index (χ2n) is 5.89. The van der Waals surface area contributed by atoms with Gasteiger partial charge in [-0.3, -0.25) is 4.79 Å². The number of carbonyl (C=O) groups excluding carboxylic acids is 1. The summed E-state index contributed by atoms with van der Waals surface area (Å²) in [5.41, 5.74) is 0. The average Bonchev–Trinajstić information content (AvgIpc) is 2.46. The molecule has 0 aromatic heterocycles. The van der Waals surface area contributed by atoms with E-state index in [2.05, 4.69) is 4.90 Å². The molecule has 2 aliphatic rings. The first-order valence-electron chi connectivity index (χ1n) is 7.59. The summed E-state index contributed by atoms with van der Waals surface area (Å²) in [6, 6.07) is 0. The van der Waals surface area contributed by atoms with Crippen molar-refractivity contribution in [3.63, 3.8) is 0 Å². The lowest BCUT2D eigenvalue weighted by Crippen LogP contribution is -2.42. The molecule has 0 spiro atoms. The molecule has 1 saturated carbocycles. The number of rotatable bonds is 4. The van der Waals surface area contributed by atoms with E-state index in [9.17, 15) is 4.79 Å². The number of carbonyl (C=O) groups is 1. The van der Waals surface area contributed by atoms with Gasteiger partial charge in [0.2, 0.25) is 5.91 Å². The molecule has 0 aromatic carbocycles. The third kappa shape index (κ3) is 3.71. The van der Waals surface area contributed by atoms with Crippen LogP contribution in [-0.4, -0.2) is 37.6 Å². The van der Waals surface area contributed by atoms with Crippen molar-refractivity contribution in [2.75, 3.05) is 26.8 Å². The van der Waals surface area contributed by atoms with Crippen molar-refractivity contribution in [2.24, 2.45) is 11.8 Å². The van der Waals surface area contributed by atoms with Gasteiger partial charge in [0, 0.05) is 32.7 Å². The maximum atomic E-state index is 12.4. The van der Waals surface area contributed by atoms with Crippen LogP contribution in [0.3, 0.4) is 0 Å². The molecule has 1 aliphatic carbocycles. The van der Waals surface area contributed by atoms with Gasteiger partial charge in [-0.15, -0.1) is 0 Å². The summed E-state index contributed by atoms with van der Waals surface area (Å²) in [5, 5.41) is 0. The van der Waals surface area contributed by atoms with E-state index in [-0.39, 0.29) is 0 Å². The van der Waals surface area contributed by atoms with Crippen molar-refractivity contribution < 1.29 is 9.53 Å². The Morgan fingerprint density at radius 1 is 1.11 bits per heavy atom. The van der Waals surface area contributed by atoms with Crippen molar-refractivity contribution >= 4 is 5.91 Å². The van der Waals surface area contributed by atoms with E-state index in [1.54, 1.807) is 7.11 Å². The molecule has 1 saturated heterocycles. The van der Waals surface area contributed by atoms with Gasteiger partial charge >= 0.3 is 0 Å². The molecule has 104 valence electrons. The van der Waals surface area contributed by atoms with Crippen LogP contribution in [0, 0.1) is 11.8 Å². The minimum Gasteiger partial charge on any atom is -0.385 e. The third-order valence-electron chi connectivity index (χ3n) is 4.61. The van der Waals surface area contributed by atoms with Gasteiger partial charge in [0.05, 0.1) is 0 Å². The molecule has 1 amide bonds. The second kappa shape index (κ2) is 7.13. The number of methoxy groups -OCH3 is 1. The summed E-state index contributed by atoms with van der Waals surface area (Å²) in [6.07, 6.45) is 9.57. The van der Waals surface area contributed by atoms with E-state index in [4.69, 9.17) is 4.74 Å². The second-order valence-corrected chi connectivity index (χ2v) is 5.89. The fourth-order valence-corrected chi connectivity index (χ4v) is 3.33. The molecule has 0 N–H and O–H groups in total. The SMILES string of the molecule is COCCC1CCN(C(=O)C2CCCCC2)CC1. The minimum absolute atomic E-state index is 0.342. The van der Waals surface area contributed by atoms with Crippen molar-refractivity contribution in [1.82, 2.24) is 4.90 Å². The first-order chi connectivity index (χ1) is 8.81. The third-order valence-corrected chi connectivity index (χ3v) is 4.61. The standard InChI is InChI=1S/C15H27NO2/c1-18-12-9-13-7-10-16(11-8-13)15(17)14-5-3-2-4-6-14/h13-14H,2-12H2,1H3. The Balaban J connectivity index is 1.73. The highest BCUT2D eigenvalue weighted by Gasteiger charge is 2.28. The summed E-state index contributed by atoms with van der Waals surface area (Å²) >= 11 is 0. The fraction of sp³-hybridized carbons (Fsp3) is 0.933. The smallest absolute Gasteiger partial charge is 0.225 e. The first kappa shape index (κ1) is 13.9. The predicted molar refractivity (Wildman–Crippen MR) is 72.4 cm³/mol. The van der Waals surface area contributed by atoms with Gasteiger partial charge in [0.1, 0.15) is 0 Å².